The van der Waals surface area contributed by atoms with Gasteiger partial charge in [0.25, 0.3) is 0 Å². The molecule has 0 aliphatic rings. The van der Waals surface area contributed by atoms with E-state index in [0.29, 0.717) is 12.0 Å². The lowest BCUT2D eigenvalue weighted by Crippen LogP contribution is -2.13. The Balaban J connectivity index is 1.99. The highest BCUT2D eigenvalue weighted by Crippen LogP contribution is 2.19. The van der Waals surface area contributed by atoms with Crippen LogP contribution in [-0.2, 0) is 6.42 Å². The van der Waals surface area contributed by atoms with Crippen molar-refractivity contribution in [1.29, 1.82) is 0 Å². The number of fused-ring (bicyclic) bond motifs is 1. The Bertz CT molecular complexity index is 777. The van der Waals surface area contributed by atoms with E-state index in [4.69, 9.17) is 5.73 Å². The molecule has 0 spiro atoms. The molecule has 3 rings (SSSR count). The van der Waals surface area contributed by atoms with Crippen molar-refractivity contribution >= 4 is 16.7 Å². The monoisotopic (exact) mass is 261 g/mol. The van der Waals surface area contributed by atoms with E-state index < -0.39 is 0 Å². The van der Waals surface area contributed by atoms with Gasteiger partial charge in [0, 0.05) is 5.56 Å². The first-order valence-electron chi connectivity index (χ1n) is 6.59. The van der Waals surface area contributed by atoms with E-state index in [0.717, 1.165) is 5.56 Å². The van der Waals surface area contributed by atoms with Crippen LogP contribution in [0.3, 0.4) is 0 Å². The zero-order chi connectivity index (χ0) is 13.9. The largest absolute Gasteiger partial charge is 0.366 e. The minimum atomic E-state index is -0.374. The van der Waals surface area contributed by atoms with Crippen LogP contribution in [0.2, 0.25) is 0 Å². The van der Waals surface area contributed by atoms with Crippen LogP contribution in [0.4, 0.5) is 0 Å². The summed E-state index contributed by atoms with van der Waals surface area (Å²) in [4.78, 5) is 11.4. The summed E-state index contributed by atoms with van der Waals surface area (Å²) < 4.78 is 0. The van der Waals surface area contributed by atoms with E-state index in [1.54, 1.807) is 6.07 Å². The number of carbonyl (C=O) groups is 1. The number of nitrogens with two attached hydrogens (primary N) is 1. The van der Waals surface area contributed by atoms with E-state index in [9.17, 15) is 4.79 Å². The molecule has 2 heteroatoms. The first-order chi connectivity index (χ1) is 9.74. The number of rotatable bonds is 3. The fraction of sp³-hybridized carbons (Fsp3) is 0.0556. The van der Waals surface area contributed by atoms with Gasteiger partial charge in [-0.1, -0.05) is 60.7 Å². The molecule has 0 unspecified atom stereocenters. The Kier molecular flexibility index (Phi) is 3.21. The van der Waals surface area contributed by atoms with Crippen molar-refractivity contribution in [2.75, 3.05) is 0 Å². The Morgan fingerprint density at radius 1 is 0.850 bits per heavy atom. The van der Waals surface area contributed by atoms with Crippen molar-refractivity contribution < 1.29 is 4.79 Å². The molecular formula is C18H15NO. The molecule has 0 heterocycles. The third-order valence-electron chi connectivity index (χ3n) is 3.49. The molecule has 3 aromatic rings. The topological polar surface area (TPSA) is 43.1 Å². The number of hydrogen-bond acceptors (Lipinski definition) is 1. The normalized spacial score (nSPS) is 10.6. The van der Waals surface area contributed by atoms with E-state index in [2.05, 4.69) is 30.3 Å². The van der Waals surface area contributed by atoms with E-state index in [1.807, 2.05) is 30.3 Å². The molecule has 0 radical (unpaired) electrons. The minimum Gasteiger partial charge on any atom is -0.366 e. The highest BCUT2D eigenvalue weighted by Gasteiger charge is 2.07. The first-order valence-corrected chi connectivity index (χ1v) is 6.59. The summed E-state index contributed by atoms with van der Waals surface area (Å²) in [5.74, 6) is -0.374. The Hall–Kier alpha value is -2.61. The molecule has 0 fully saturated rings. The van der Waals surface area contributed by atoms with Crippen molar-refractivity contribution in [3.63, 3.8) is 0 Å². The predicted octanol–water partition coefficient (Wildman–Crippen LogP) is 3.53. The van der Waals surface area contributed by atoms with Crippen molar-refractivity contribution in [3.8, 4) is 0 Å². The standard InChI is InChI=1S/C18H15NO/c19-18(20)17-8-4-3-7-16(17)12-13-9-10-14-5-1-2-6-15(14)11-13/h1-11H,12H2,(H2,19,20). The lowest BCUT2D eigenvalue weighted by Gasteiger charge is -2.07. The lowest BCUT2D eigenvalue weighted by atomic mass is 9.97. The smallest absolute Gasteiger partial charge is 0.248 e. The van der Waals surface area contributed by atoms with Gasteiger partial charge in [0.1, 0.15) is 0 Å². The molecule has 0 saturated heterocycles. The van der Waals surface area contributed by atoms with Gasteiger partial charge in [0.15, 0.2) is 0 Å². The number of primary amides is 1. The molecular weight excluding hydrogens is 246 g/mol. The molecule has 3 aromatic carbocycles. The summed E-state index contributed by atoms with van der Waals surface area (Å²) in [6.07, 6.45) is 0.712. The number of hydrogen-bond donors (Lipinski definition) is 1. The predicted molar refractivity (Wildman–Crippen MR) is 81.7 cm³/mol. The molecule has 0 aliphatic carbocycles. The second kappa shape index (κ2) is 5.17. The van der Waals surface area contributed by atoms with E-state index >= 15 is 0 Å². The maximum atomic E-state index is 11.4. The maximum Gasteiger partial charge on any atom is 0.248 e. The van der Waals surface area contributed by atoms with Gasteiger partial charge in [-0.2, -0.15) is 0 Å². The summed E-state index contributed by atoms with van der Waals surface area (Å²) in [6.45, 7) is 0. The summed E-state index contributed by atoms with van der Waals surface area (Å²) in [5.41, 5.74) is 8.16. The van der Waals surface area contributed by atoms with Crippen LogP contribution in [-0.4, -0.2) is 5.91 Å². The van der Waals surface area contributed by atoms with Crippen LogP contribution >= 0.6 is 0 Å². The van der Waals surface area contributed by atoms with Crippen molar-refractivity contribution in [2.45, 2.75) is 6.42 Å². The van der Waals surface area contributed by atoms with Crippen LogP contribution in [0.1, 0.15) is 21.5 Å². The van der Waals surface area contributed by atoms with Crippen molar-refractivity contribution in [2.24, 2.45) is 5.73 Å². The van der Waals surface area contributed by atoms with Crippen molar-refractivity contribution in [3.05, 3.63) is 83.4 Å². The summed E-state index contributed by atoms with van der Waals surface area (Å²) in [6, 6.07) is 22.1. The second-order valence-corrected chi connectivity index (χ2v) is 4.88. The molecule has 98 valence electrons. The van der Waals surface area contributed by atoms with Gasteiger partial charge in [-0.05, 0) is 34.4 Å². The molecule has 2 nitrogen and oxygen atoms in total. The summed E-state index contributed by atoms with van der Waals surface area (Å²) >= 11 is 0. The lowest BCUT2D eigenvalue weighted by molar-refractivity contribution is 0.0999. The molecule has 0 aliphatic heterocycles. The zero-order valence-electron chi connectivity index (χ0n) is 11.0. The molecule has 0 atom stereocenters. The Morgan fingerprint density at radius 3 is 2.35 bits per heavy atom. The van der Waals surface area contributed by atoms with Gasteiger partial charge >= 0.3 is 0 Å². The molecule has 1 amide bonds. The Morgan fingerprint density at radius 2 is 1.55 bits per heavy atom. The highest BCUT2D eigenvalue weighted by atomic mass is 16.1. The van der Waals surface area contributed by atoms with Crippen LogP contribution in [0.5, 0.6) is 0 Å². The van der Waals surface area contributed by atoms with Crippen LogP contribution in [0.15, 0.2) is 66.7 Å². The summed E-state index contributed by atoms with van der Waals surface area (Å²) in [5, 5.41) is 2.43. The summed E-state index contributed by atoms with van der Waals surface area (Å²) in [7, 11) is 0. The quantitative estimate of drug-likeness (QED) is 0.770. The number of amides is 1. The SMILES string of the molecule is NC(=O)c1ccccc1Cc1ccc2ccccc2c1. The van der Waals surface area contributed by atoms with Gasteiger partial charge in [0.2, 0.25) is 5.91 Å². The molecule has 20 heavy (non-hydrogen) atoms. The van der Waals surface area contributed by atoms with Gasteiger partial charge in [0.05, 0.1) is 0 Å². The van der Waals surface area contributed by atoms with Gasteiger partial charge in [-0.25, -0.2) is 0 Å². The maximum absolute atomic E-state index is 11.4. The molecule has 2 N–H and O–H groups in total. The molecule has 0 saturated carbocycles. The fourth-order valence-electron chi connectivity index (χ4n) is 2.48. The van der Waals surface area contributed by atoms with E-state index in [1.165, 1.54) is 16.3 Å². The molecule has 0 bridgehead atoms. The highest BCUT2D eigenvalue weighted by molar-refractivity contribution is 5.94. The second-order valence-electron chi connectivity index (χ2n) is 4.88. The van der Waals surface area contributed by atoms with Gasteiger partial charge in [-0.3, -0.25) is 4.79 Å². The average Bonchev–Trinajstić information content (AvgIpc) is 2.47. The third kappa shape index (κ3) is 2.41. The van der Waals surface area contributed by atoms with Crippen LogP contribution in [0.25, 0.3) is 10.8 Å². The fourth-order valence-corrected chi connectivity index (χ4v) is 2.48. The molecule has 0 aromatic heterocycles. The Labute approximate surface area is 117 Å². The zero-order valence-corrected chi connectivity index (χ0v) is 11.0. The third-order valence-corrected chi connectivity index (χ3v) is 3.49. The van der Waals surface area contributed by atoms with Crippen molar-refractivity contribution in [1.82, 2.24) is 0 Å². The number of benzene rings is 3. The average molecular weight is 261 g/mol. The first kappa shape index (κ1) is 12.4. The number of carbonyl (C=O) groups excluding carboxylic acids is 1. The minimum absolute atomic E-state index is 0.374. The van der Waals surface area contributed by atoms with Crippen LogP contribution in [0, 0.1) is 0 Å². The van der Waals surface area contributed by atoms with Crippen LogP contribution < -0.4 is 5.73 Å². The van der Waals surface area contributed by atoms with Gasteiger partial charge < -0.3 is 5.73 Å². The van der Waals surface area contributed by atoms with Gasteiger partial charge in [-0.15, -0.1) is 0 Å². The van der Waals surface area contributed by atoms with E-state index in [-0.39, 0.29) is 5.91 Å².